The molecule has 0 unspecified atom stereocenters. The van der Waals surface area contributed by atoms with Crippen LogP contribution in [0.3, 0.4) is 0 Å². The average Bonchev–Trinajstić information content (AvgIpc) is 2.21. The summed E-state index contributed by atoms with van der Waals surface area (Å²) in [6.07, 6.45) is 8.88. The summed E-state index contributed by atoms with van der Waals surface area (Å²) in [6, 6.07) is 0. The van der Waals surface area contributed by atoms with Crippen molar-refractivity contribution in [3.63, 3.8) is 0 Å². The molecule has 1 aliphatic rings. The summed E-state index contributed by atoms with van der Waals surface area (Å²) in [6.45, 7) is 6.31. The Hall–Kier alpha value is -0.330. The van der Waals surface area contributed by atoms with Gasteiger partial charge in [-0.15, -0.1) is 0 Å². The van der Waals surface area contributed by atoms with Crippen molar-refractivity contribution in [2.24, 2.45) is 17.8 Å². The molecule has 0 aliphatic heterocycles. The molecular weight excluding hydrogens is 184 g/mol. The van der Waals surface area contributed by atoms with Crippen molar-refractivity contribution in [1.82, 2.24) is 0 Å². The molecule has 0 atom stereocenters. The van der Waals surface area contributed by atoms with Gasteiger partial charge in [-0.2, -0.15) is 0 Å². The topological polar surface area (TPSA) is 17.1 Å². The molecule has 0 amide bonds. The van der Waals surface area contributed by atoms with Crippen LogP contribution in [-0.4, -0.2) is 5.78 Å². The van der Waals surface area contributed by atoms with E-state index in [-0.39, 0.29) is 5.92 Å². The summed E-state index contributed by atoms with van der Waals surface area (Å²) >= 11 is 0. The Bertz CT molecular complexity index is 188. The van der Waals surface area contributed by atoms with Crippen molar-refractivity contribution >= 4 is 5.78 Å². The number of hydrogen-bond donors (Lipinski definition) is 0. The van der Waals surface area contributed by atoms with Crippen LogP contribution in [0.4, 0.5) is 0 Å². The molecule has 0 aromatic carbocycles. The van der Waals surface area contributed by atoms with Gasteiger partial charge in [0.2, 0.25) is 0 Å². The molecule has 0 spiro atoms. The number of Topliss-reactive ketones (excluding diaryl/α,β-unsaturated/α-hetero) is 1. The van der Waals surface area contributed by atoms with E-state index >= 15 is 0 Å². The van der Waals surface area contributed by atoms with E-state index in [0.717, 1.165) is 12.3 Å². The quantitative estimate of drug-likeness (QED) is 0.664. The highest BCUT2D eigenvalue weighted by atomic mass is 16.1. The van der Waals surface area contributed by atoms with Gasteiger partial charge in [0.25, 0.3) is 0 Å². The molecule has 88 valence electrons. The van der Waals surface area contributed by atoms with Gasteiger partial charge in [0.05, 0.1) is 0 Å². The molecule has 1 heteroatoms. The van der Waals surface area contributed by atoms with Crippen molar-refractivity contribution in [2.45, 2.75) is 65.7 Å². The molecular formula is C14H26O. The van der Waals surface area contributed by atoms with Gasteiger partial charge in [0, 0.05) is 12.3 Å². The fourth-order valence-electron chi connectivity index (χ4n) is 2.65. The molecule has 1 aliphatic carbocycles. The summed E-state index contributed by atoms with van der Waals surface area (Å²) < 4.78 is 0. The van der Waals surface area contributed by atoms with Gasteiger partial charge in [-0.05, 0) is 24.7 Å². The van der Waals surface area contributed by atoms with Gasteiger partial charge in [-0.25, -0.2) is 0 Å². The second-order valence-corrected chi connectivity index (χ2v) is 5.50. The van der Waals surface area contributed by atoms with Crippen LogP contribution in [0.2, 0.25) is 0 Å². The van der Waals surface area contributed by atoms with E-state index in [1.807, 2.05) is 13.8 Å². The maximum absolute atomic E-state index is 11.6. The first-order chi connectivity index (χ1) is 7.13. The number of carbonyl (C=O) groups excluding carboxylic acids is 1. The zero-order valence-electron chi connectivity index (χ0n) is 10.6. The van der Waals surface area contributed by atoms with Gasteiger partial charge in [-0.1, -0.05) is 46.5 Å². The summed E-state index contributed by atoms with van der Waals surface area (Å²) in [5, 5.41) is 0. The second-order valence-electron chi connectivity index (χ2n) is 5.50. The molecule has 0 aromatic heterocycles. The van der Waals surface area contributed by atoms with Gasteiger partial charge in [0.1, 0.15) is 5.78 Å². The molecule has 1 rings (SSSR count). The lowest BCUT2D eigenvalue weighted by Gasteiger charge is -2.28. The van der Waals surface area contributed by atoms with E-state index in [9.17, 15) is 4.79 Å². The monoisotopic (exact) mass is 210 g/mol. The Labute approximate surface area is 94.6 Å². The Morgan fingerprint density at radius 2 is 1.67 bits per heavy atom. The summed E-state index contributed by atoms with van der Waals surface area (Å²) in [5.74, 6) is 2.36. The van der Waals surface area contributed by atoms with E-state index in [1.165, 1.54) is 38.5 Å². The van der Waals surface area contributed by atoms with Gasteiger partial charge >= 0.3 is 0 Å². The first-order valence-corrected chi connectivity index (χ1v) is 6.66. The molecule has 1 saturated carbocycles. The molecule has 0 bridgehead atoms. The van der Waals surface area contributed by atoms with Crippen molar-refractivity contribution in [3.05, 3.63) is 0 Å². The zero-order valence-corrected chi connectivity index (χ0v) is 10.6. The Morgan fingerprint density at radius 1 is 1.13 bits per heavy atom. The minimum atomic E-state index is 0.235. The van der Waals surface area contributed by atoms with Crippen molar-refractivity contribution in [2.75, 3.05) is 0 Å². The van der Waals surface area contributed by atoms with Crippen LogP contribution >= 0.6 is 0 Å². The van der Waals surface area contributed by atoms with Crippen LogP contribution in [0, 0.1) is 17.8 Å². The van der Waals surface area contributed by atoms with Crippen LogP contribution in [0.15, 0.2) is 0 Å². The minimum absolute atomic E-state index is 0.235. The molecule has 0 radical (unpaired) electrons. The lowest BCUT2D eigenvalue weighted by atomic mass is 9.77. The molecule has 0 aromatic rings. The lowest BCUT2D eigenvalue weighted by molar-refractivity contribution is -0.123. The zero-order chi connectivity index (χ0) is 11.3. The van der Waals surface area contributed by atoms with E-state index in [1.54, 1.807) is 0 Å². The van der Waals surface area contributed by atoms with Crippen LogP contribution in [0.25, 0.3) is 0 Å². The van der Waals surface area contributed by atoms with E-state index in [2.05, 4.69) is 6.92 Å². The van der Waals surface area contributed by atoms with Gasteiger partial charge in [0.15, 0.2) is 0 Å². The number of rotatable bonds is 5. The first kappa shape index (κ1) is 12.7. The van der Waals surface area contributed by atoms with Gasteiger partial charge < -0.3 is 0 Å². The summed E-state index contributed by atoms with van der Waals surface area (Å²) in [7, 11) is 0. The van der Waals surface area contributed by atoms with Crippen LogP contribution in [-0.2, 0) is 4.79 Å². The average molecular weight is 210 g/mol. The second kappa shape index (κ2) is 6.30. The Balaban J connectivity index is 2.22. The maximum Gasteiger partial charge on any atom is 0.135 e. The number of ketones is 1. The Kier molecular flexibility index (Phi) is 5.35. The van der Waals surface area contributed by atoms with Crippen LogP contribution in [0.1, 0.15) is 65.7 Å². The van der Waals surface area contributed by atoms with Crippen molar-refractivity contribution < 1.29 is 4.79 Å². The molecule has 1 fully saturated rings. The third-order valence-electron chi connectivity index (χ3n) is 3.80. The van der Waals surface area contributed by atoms with E-state index in [0.29, 0.717) is 11.7 Å². The third kappa shape index (κ3) is 4.36. The molecule has 1 nitrogen and oxygen atoms in total. The highest BCUT2D eigenvalue weighted by Crippen LogP contribution is 2.33. The fraction of sp³-hybridized carbons (Fsp3) is 0.929. The minimum Gasteiger partial charge on any atom is -0.299 e. The Morgan fingerprint density at radius 3 is 2.13 bits per heavy atom. The summed E-state index contributed by atoms with van der Waals surface area (Å²) in [5.41, 5.74) is 0. The number of carbonyl (C=O) groups is 1. The molecule has 0 N–H and O–H groups in total. The smallest absolute Gasteiger partial charge is 0.135 e. The van der Waals surface area contributed by atoms with Crippen LogP contribution < -0.4 is 0 Å². The maximum atomic E-state index is 11.6. The highest BCUT2D eigenvalue weighted by molar-refractivity contribution is 5.80. The molecule has 0 saturated heterocycles. The highest BCUT2D eigenvalue weighted by Gasteiger charge is 2.23. The first-order valence-electron chi connectivity index (χ1n) is 6.66. The predicted molar refractivity (Wildman–Crippen MR) is 64.8 cm³/mol. The van der Waals surface area contributed by atoms with Gasteiger partial charge in [-0.3, -0.25) is 4.79 Å². The predicted octanol–water partition coefficient (Wildman–Crippen LogP) is 4.21. The SMILES string of the molecule is CCCC1CCC(CC(=O)C(C)C)CC1. The van der Waals surface area contributed by atoms with E-state index < -0.39 is 0 Å². The normalized spacial score (nSPS) is 26.9. The largest absolute Gasteiger partial charge is 0.299 e. The van der Waals surface area contributed by atoms with E-state index in [4.69, 9.17) is 0 Å². The number of hydrogen-bond acceptors (Lipinski definition) is 1. The van der Waals surface area contributed by atoms with Crippen LogP contribution in [0.5, 0.6) is 0 Å². The molecule has 15 heavy (non-hydrogen) atoms. The van der Waals surface area contributed by atoms with Crippen molar-refractivity contribution in [3.8, 4) is 0 Å². The van der Waals surface area contributed by atoms with Crippen molar-refractivity contribution in [1.29, 1.82) is 0 Å². The standard InChI is InChI=1S/C14H26O/c1-4-5-12-6-8-13(9-7-12)10-14(15)11(2)3/h11-13H,4-10H2,1-3H3. The molecule has 0 heterocycles. The lowest BCUT2D eigenvalue weighted by Crippen LogP contribution is -2.19. The third-order valence-corrected chi connectivity index (χ3v) is 3.80. The summed E-state index contributed by atoms with van der Waals surface area (Å²) in [4.78, 5) is 11.6. The fourth-order valence-corrected chi connectivity index (χ4v) is 2.65.